The van der Waals surface area contributed by atoms with Gasteiger partial charge in [0, 0.05) is 17.9 Å². The summed E-state index contributed by atoms with van der Waals surface area (Å²) < 4.78 is 5.63. The van der Waals surface area contributed by atoms with Crippen LogP contribution in [-0.4, -0.2) is 19.1 Å². The summed E-state index contributed by atoms with van der Waals surface area (Å²) in [5.74, 6) is 0.782. The van der Waals surface area contributed by atoms with E-state index in [1.54, 1.807) is 0 Å². The standard InChI is InChI=1S/C18H35ClO/c1-2-3-4-5-6-7-8-9-10-11-13-18(16-19)14-12-15-20-17-18/h2-17H2,1H3. The first-order chi connectivity index (χ1) is 9.83. The molecule has 0 aromatic heterocycles. The molecule has 0 saturated carbocycles. The van der Waals surface area contributed by atoms with Crippen LogP contribution in [0.15, 0.2) is 0 Å². The summed E-state index contributed by atoms with van der Waals surface area (Å²) in [6.07, 6.45) is 17.8. The molecule has 1 atom stereocenters. The molecule has 1 rings (SSSR count). The lowest BCUT2D eigenvalue weighted by molar-refractivity contribution is -0.00119. The van der Waals surface area contributed by atoms with E-state index in [-0.39, 0.29) is 0 Å². The third-order valence-electron chi connectivity index (χ3n) is 4.75. The minimum absolute atomic E-state index is 0.306. The van der Waals surface area contributed by atoms with E-state index >= 15 is 0 Å². The second-order valence-electron chi connectivity index (χ2n) is 6.72. The van der Waals surface area contributed by atoms with Crippen molar-refractivity contribution in [3.8, 4) is 0 Å². The maximum Gasteiger partial charge on any atom is 0.0533 e. The molecule has 1 nitrogen and oxygen atoms in total. The molecule has 20 heavy (non-hydrogen) atoms. The van der Waals surface area contributed by atoms with Gasteiger partial charge in [-0.3, -0.25) is 0 Å². The summed E-state index contributed by atoms with van der Waals surface area (Å²) in [5.41, 5.74) is 0.306. The van der Waals surface area contributed by atoms with Gasteiger partial charge in [-0.25, -0.2) is 0 Å². The van der Waals surface area contributed by atoms with Crippen molar-refractivity contribution in [2.24, 2.45) is 5.41 Å². The van der Waals surface area contributed by atoms with Gasteiger partial charge < -0.3 is 4.74 Å². The van der Waals surface area contributed by atoms with E-state index in [1.165, 1.54) is 83.5 Å². The van der Waals surface area contributed by atoms with Gasteiger partial charge in [0.05, 0.1) is 6.61 Å². The van der Waals surface area contributed by atoms with Crippen molar-refractivity contribution in [1.29, 1.82) is 0 Å². The summed E-state index contributed by atoms with van der Waals surface area (Å²) in [5, 5.41) is 0. The van der Waals surface area contributed by atoms with Crippen LogP contribution >= 0.6 is 11.6 Å². The molecule has 0 aliphatic carbocycles. The number of hydrogen-bond acceptors (Lipinski definition) is 1. The number of halogens is 1. The third-order valence-corrected chi connectivity index (χ3v) is 5.32. The predicted octanol–water partition coefficient (Wildman–Crippen LogP) is 6.33. The molecule has 0 aromatic rings. The number of unbranched alkanes of at least 4 members (excludes halogenated alkanes) is 9. The highest BCUT2D eigenvalue weighted by Crippen LogP contribution is 2.35. The number of ether oxygens (including phenoxy) is 1. The number of rotatable bonds is 12. The lowest BCUT2D eigenvalue weighted by atomic mass is 9.80. The molecule has 0 radical (unpaired) electrons. The van der Waals surface area contributed by atoms with Crippen molar-refractivity contribution >= 4 is 11.6 Å². The molecule has 0 bridgehead atoms. The molecule has 1 unspecified atom stereocenters. The molecular weight excluding hydrogens is 268 g/mol. The zero-order chi connectivity index (χ0) is 14.5. The molecule has 1 heterocycles. The largest absolute Gasteiger partial charge is 0.381 e. The summed E-state index contributed by atoms with van der Waals surface area (Å²) in [6, 6.07) is 0. The van der Waals surface area contributed by atoms with Crippen LogP contribution in [0.2, 0.25) is 0 Å². The summed E-state index contributed by atoms with van der Waals surface area (Å²) in [7, 11) is 0. The molecule has 0 N–H and O–H groups in total. The lowest BCUT2D eigenvalue weighted by Crippen LogP contribution is -2.33. The van der Waals surface area contributed by atoms with E-state index in [2.05, 4.69) is 6.92 Å². The zero-order valence-electron chi connectivity index (χ0n) is 13.6. The van der Waals surface area contributed by atoms with E-state index in [0.717, 1.165) is 19.1 Å². The molecule has 0 spiro atoms. The van der Waals surface area contributed by atoms with E-state index in [0.29, 0.717) is 5.41 Å². The van der Waals surface area contributed by atoms with Crippen molar-refractivity contribution in [3.05, 3.63) is 0 Å². The fourth-order valence-corrected chi connectivity index (χ4v) is 3.61. The third kappa shape index (κ3) is 7.88. The monoisotopic (exact) mass is 302 g/mol. The van der Waals surface area contributed by atoms with Crippen LogP contribution in [0.1, 0.15) is 90.4 Å². The summed E-state index contributed by atoms with van der Waals surface area (Å²) >= 11 is 6.18. The molecular formula is C18H35ClO. The molecule has 1 aliphatic heterocycles. The molecule has 2 heteroatoms. The first-order valence-electron chi connectivity index (χ1n) is 8.97. The molecule has 1 aliphatic rings. The Morgan fingerprint density at radius 2 is 1.50 bits per heavy atom. The van der Waals surface area contributed by atoms with Gasteiger partial charge in [-0.1, -0.05) is 71.1 Å². The highest BCUT2D eigenvalue weighted by atomic mass is 35.5. The first kappa shape index (κ1) is 18.3. The highest BCUT2D eigenvalue weighted by Gasteiger charge is 2.31. The topological polar surface area (TPSA) is 9.23 Å². The average Bonchev–Trinajstić information content (AvgIpc) is 2.50. The normalized spacial score (nSPS) is 23.1. The highest BCUT2D eigenvalue weighted by molar-refractivity contribution is 6.18. The van der Waals surface area contributed by atoms with E-state index in [4.69, 9.17) is 16.3 Å². The maximum absolute atomic E-state index is 6.18. The van der Waals surface area contributed by atoms with Gasteiger partial charge in [0.2, 0.25) is 0 Å². The SMILES string of the molecule is CCCCCCCCCCCCC1(CCl)CCCOC1. The van der Waals surface area contributed by atoms with Crippen LogP contribution in [0.4, 0.5) is 0 Å². The van der Waals surface area contributed by atoms with Gasteiger partial charge in [-0.05, 0) is 19.3 Å². The van der Waals surface area contributed by atoms with E-state index in [9.17, 15) is 0 Å². The zero-order valence-corrected chi connectivity index (χ0v) is 14.4. The number of hydrogen-bond donors (Lipinski definition) is 0. The van der Waals surface area contributed by atoms with Gasteiger partial charge >= 0.3 is 0 Å². The van der Waals surface area contributed by atoms with Crippen LogP contribution in [0.3, 0.4) is 0 Å². The molecule has 120 valence electrons. The van der Waals surface area contributed by atoms with E-state index < -0.39 is 0 Å². The molecule has 1 fully saturated rings. The first-order valence-corrected chi connectivity index (χ1v) is 9.50. The lowest BCUT2D eigenvalue weighted by Gasteiger charge is -2.35. The van der Waals surface area contributed by atoms with Gasteiger partial charge in [-0.2, -0.15) is 0 Å². The number of alkyl halides is 1. The van der Waals surface area contributed by atoms with Crippen molar-refractivity contribution in [2.45, 2.75) is 90.4 Å². The van der Waals surface area contributed by atoms with Crippen LogP contribution in [0, 0.1) is 5.41 Å². The Labute approximate surface area is 131 Å². The van der Waals surface area contributed by atoms with Gasteiger partial charge in [0.15, 0.2) is 0 Å². The average molecular weight is 303 g/mol. The summed E-state index contributed by atoms with van der Waals surface area (Å²) in [4.78, 5) is 0. The van der Waals surface area contributed by atoms with Crippen LogP contribution in [-0.2, 0) is 4.74 Å². The Bertz CT molecular complexity index is 211. The van der Waals surface area contributed by atoms with Crippen molar-refractivity contribution in [1.82, 2.24) is 0 Å². The van der Waals surface area contributed by atoms with Crippen molar-refractivity contribution in [3.63, 3.8) is 0 Å². The Morgan fingerprint density at radius 3 is 2.00 bits per heavy atom. The van der Waals surface area contributed by atoms with Crippen LogP contribution in [0.25, 0.3) is 0 Å². The smallest absolute Gasteiger partial charge is 0.0533 e. The Hall–Kier alpha value is 0.250. The van der Waals surface area contributed by atoms with E-state index in [1.807, 2.05) is 0 Å². The second kappa shape index (κ2) is 11.9. The predicted molar refractivity (Wildman–Crippen MR) is 89.7 cm³/mol. The quantitative estimate of drug-likeness (QED) is 0.302. The Kier molecular flexibility index (Phi) is 10.9. The van der Waals surface area contributed by atoms with Crippen molar-refractivity contribution in [2.75, 3.05) is 19.1 Å². The Morgan fingerprint density at radius 1 is 0.900 bits per heavy atom. The maximum atomic E-state index is 6.18. The van der Waals surface area contributed by atoms with Crippen LogP contribution < -0.4 is 0 Å². The van der Waals surface area contributed by atoms with Gasteiger partial charge in [0.25, 0.3) is 0 Å². The summed E-state index contributed by atoms with van der Waals surface area (Å²) in [6.45, 7) is 4.12. The Balaban J connectivity index is 1.91. The minimum atomic E-state index is 0.306. The minimum Gasteiger partial charge on any atom is -0.381 e. The fourth-order valence-electron chi connectivity index (χ4n) is 3.27. The van der Waals surface area contributed by atoms with Gasteiger partial charge in [-0.15, -0.1) is 11.6 Å². The molecule has 0 aromatic carbocycles. The van der Waals surface area contributed by atoms with Gasteiger partial charge in [0.1, 0.15) is 0 Å². The molecule has 1 saturated heterocycles. The van der Waals surface area contributed by atoms with Crippen LogP contribution in [0.5, 0.6) is 0 Å². The second-order valence-corrected chi connectivity index (χ2v) is 6.99. The molecule has 0 amide bonds. The van der Waals surface area contributed by atoms with Crippen molar-refractivity contribution < 1.29 is 4.74 Å². The fraction of sp³-hybridized carbons (Fsp3) is 1.00.